The van der Waals surface area contributed by atoms with Gasteiger partial charge in [-0.05, 0) is 74.9 Å². The lowest BCUT2D eigenvalue weighted by molar-refractivity contribution is -0.139. The fourth-order valence-electron chi connectivity index (χ4n) is 7.25. The molecule has 73 heavy (non-hydrogen) atoms. The molecule has 0 spiro atoms. The Bertz CT molecular complexity index is 2820. The van der Waals surface area contributed by atoms with Crippen molar-refractivity contribution in [1.82, 2.24) is 46.1 Å². The van der Waals surface area contributed by atoms with Crippen LogP contribution in [0.3, 0.4) is 0 Å². The molecule has 2 aromatic heterocycles. The number of ether oxygens (including phenoxy) is 1. The SMILES string of the molecule is COc1cc(C(=O)N[C@@H](CCCNC(=O)c2ccc(NC(=O)[C@H](C)NC(=O)[C@@H](NC(=O)CCCCCN3C(=O)C=CC3=O)C(C)C)cc2C(=N)/N=N\N)C(=O)O)ccc1NCc1cnc2nc(N)nc(N)c2n1. The molecule has 14 N–H and O–H groups in total. The van der Waals surface area contributed by atoms with Gasteiger partial charge in [0, 0.05) is 48.5 Å². The summed E-state index contributed by atoms with van der Waals surface area (Å²) in [7, 11) is 1.40. The monoisotopic (exact) mass is 1010 g/mol. The van der Waals surface area contributed by atoms with Crippen molar-refractivity contribution < 1.29 is 48.2 Å². The number of carbonyl (C=O) groups excluding carboxylic acids is 7. The molecule has 386 valence electrons. The van der Waals surface area contributed by atoms with Gasteiger partial charge in [-0.15, -0.1) is 5.11 Å². The van der Waals surface area contributed by atoms with Crippen LogP contribution in [0.25, 0.3) is 11.2 Å². The minimum absolute atomic E-state index is 0.0348. The van der Waals surface area contributed by atoms with Gasteiger partial charge >= 0.3 is 5.97 Å². The molecule has 0 saturated carbocycles. The number of nitrogen functional groups attached to an aromatic ring is 2. The molecule has 0 radical (unpaired) electrons. The van der Waals surface area contributed by atoms with E-state index in [9.17, 15) is 43.5 Å². The van der Waals surface area contributed by atoms with Crippen LogP contribution in [0.2, 0.25) is 0 Å². The van der Waals surface area contributed by atoms with E-state index in [1.807, 2.05) is 0 Å². The van der Waals surface area contributed by atoms with Crippen molar-refractivity contribution in [1.29, 1.82) is 5.41 Å². The summed E-state index contributed by atoms with van der Waals surface area (Å²) in [5, 5.41) is 41.2. The molecule has 0 unspecified atom stereocenters. The Balaban J connectivity index is 1.10. The van der Waals surface area contributed by atoms with Crippen molar-refractivity contribution in [3.63, 3.8) is 0 Å². The molecule has 4 aromatic rings. The zero-order valence-electron chi connectivity index (χ0n) is 40.4. The molecule has 27 heteroatoms. The van der Waals surface area contributed by atoms with Gasteiger partial charge in [-0.1, -0.05) is 25.5 Å². The predicted molar refractivity (Wildman–Crippen MR) is 264 cm³/mol. The molecule has 2 aromatic carbocycles. The molecular weight excluding hydrogens is 951 g/mol. The van der Waals surface area contributed by atoms with Crippen LogP contribution < -0.4 is 53.9 Å². The van der Waals surface area contributed by atoms with E-state index in [4.69, 9.17) is 27.5 Å². The lowest BCUT2D eigenvalue weighted by Gasteiger charge is -2.24. The molecule has 1 aliphatic heterocycles. The average Bonchev–Trinajstić information content (AvgIpc) is 3.67. The number of unbranched alkanes of at least 4 members (excludes halogenated alkanes) is 2. The summed E-state index contributed by atoms with van der Waals surface area (Å²) in [6.07, 6.45) is 5.53. The molecule has 3 heterocycles. The molecule has 5 rings (SSSR count). The van der Waals surface area contributed by atoms with Crippen LogP contribution in [0.5, 0.6) is 5.75 Å². The first-order valence-electron chi connectivity index (χ1n) is 22.9. The van der Waals surface area contributed by atoms with Crippen LogP contribution >= 0.6 is 0 Å². The van der Waals surface area contributed by atoms with Gasteiger partial charge in [-0.2, -0.15) is 9.97 Å². The molecule has 0 fully saturated rings. The van der Waals surface area contributed by atoms with E-state index < -0.39 is 53.6 Å². The average molecular weight is 1010 g/mol. The number of imide groups is 1. The lowest BCUT2D eigenvalue weighted by atomic mass is 10.0. The number of carboxylic acids is 1. The van der Waals surface area contributed by atoms with E-state index in [0.29, 0.717) is 30.6 Å². The minimum Gasteiger partial charge on any atom is -0.495 e. The summed E-state index contributed by atoms with van der Waals surface area (Å²) in [5.41, 5.74) is 13.1. The summed E-state index contributed by atoms with van der Waals surface area (Å²) >= 11 is 0. The van der Waals surface area contributed by atoms with Crippen LogP contribution in [-0.4, -0.2) is 121 Å². The number of hydrogen-bond acceptors (Lipinski definition) is 18. The van der Waals surface area contributed by atoms with Crippen molar-refractivity contribution in [2.24, 2.45) is 22.1 Å². The first-order chi connectivity index (χ1) is 34.8. The third-order valence-corrected chi connectivity index (χ3v) is 11.1. The van der Waals surface area contributed by atoms with Crippen molar-refractivity contribution >= 4 is 87.5 Å². The second kappa shape index (κ2) is 25.6. The zero-order chi connectivity index (χ0) is 53.4. The maximum Gasteiger partial charge on any atom is 0.326 e. The number of carboxylic acid groups (broad SMARTS) is 1. The van der Waals surface area contributed by atoms with Crippen LogP contribution in [0.4, 0.5) is 23.1 Å². The van der Waals surface area contributed by atoms with Gasteiger partial charge < -0.3 is 59.1 Å². The summed E-state index contributed by atoms with van der Waals surface area (Å²) in [4.78, 5) is 119. The number of rotatable bonds is 25. The number of nitrogens with one attached hydrogen (secondary N) is 7. The van der Waals surface area contributed by atoms with E-state index in [0.717, 1.165) is 4.90 Å². The molecule has 0 bridgehead atoms. The number of hydrogen-bond donors (Lipinski definition) is 11. The second-order valence-electron chi connectivity index (χ2n) is 16.8. The van der Waals surface area contributed by atoms with Crippen LogP contribution in [0.15, 0.2) is 65.1 Å². The van der Waals surface area contributed by atoms with Gasteiger partial charge in [-0.3, -0.25) is 43.9 Å². The first kappa shape index (κ1) is 54.8. The van der Waals surface area contributed by atoms with Crippen molar-refractivity contribution in [3.05, 3.63) is 77.1 Å². The number of anilines is 4. The van der Waals surface area contributed by atoms with Crippen molar-refractivity contribution in [2.45, 2.75) is 84.0 Å². The number of nitrogens with zero attached hydrogens (tertiary/aromatic N) is 7. The second-order valence-corrected chi connectivity index (χ2v) is 16.8. The zero-order valence-corrected chi connectivity index (χ0v) is 40.4. The summed E-state index contributed by atoms with van der Waals surface area (Å²) in [5.74, 6) is -0.501. The van der Waals surface area contributed by atoms with E-state index in [1.165, 1.54) is 62.7 Å². The highest BCUT2D eigenvalue weighted by atomic mass is 16.5. The summed E-state index contributed by atoms with van der Waals surface area (Å²) in [6.45, 7) is 5.24. The number of aliphatic carboxylic acids is 1. The molecule has 27 nitrogen and oxygen atoms in total. The number of methoxy groups -OCH3 is 1. The number of benzene rings is 2. The fourth-order valence-corrected chi connectivity index (χ4v) is 7.25. The maximum absolute atomic E-state index is 13.4. The maximum atomic E-state index is 13.4. The van der Waals surface area contributed by atoms with Gasteiger partial charge in [0.25, 0.3) is 23.6 Å². The molecule has 3 atom stereocenters. The summed E-state index contributed by atoms with van der Waals surface area (Å²) in [6, 6.07) is 5.01. The van der Waals surface area contributed by atoms with Gasteiger partial charge in [-0.25, -0.2) is 14.8 Å². The van der Waals surface area contributed by atoms with E-state index in [-0.39, 0.29) is 114 Å². The van der Waals surface area contributed by atoms with Crippen molar-refractivity contribution in [3.8, 4) is 5.75 Å². The van der Waals surface area contributed by atoms with Crippen molar-refractivity contribution in [2.75, 3.05) is 42.3 Å². The van der Waals surface area contributed by atoms with Gasteiger partial charge in [0.2, 0.25) is 23.7 Å². The normalized spacial score (nSPS) is 13.4. The van der Waals surface area contributed by atoms with Gasteiger partial charge in [0.1, 0.15) is 23.9 Å². The smallest absolute Gasteiger partial charge is 0.326 e. The number of amides is 7. The molecule has 0 saturated heterocycles. The highest BCUT2D eigenvalue weighted by molar-refractivity contribution is 6.13. The number of amidine groups is 1. The largest absolute Gasteiger partial charge is 0.495 e. The summed E-state index contributed by atoms with van der Waals surface area (Å²) < 4.78 is 5.47. The molecular formula is C46H57N17O10. The Kier molecular flexibility index (Phi) is 19.2. The van der Waals surface area contributed by atoms with Crippen LogP contribution in [0, 0.1) is 11.3 Å². The third-order valence-electron chi connectivity index (χ3n) is 11.1. The lowest BCUT2D eigenvalue weighted by Crippen LogP contribution is -2.53. The molecule has 1 aliphatic rings. The number of aromatic nitrogens is 4. The van der Waals surface area contributed by atoms with Crippen LogP contribution in [0.1, 0.15) is 91.3 Å². The van der Waals surface area contributed by atoms with E-state index in [1.54, 1.807) is 19.9 Å². The van der Waals surface area contributed by atoms with Gasteiger partial charge in [0.05, 0.1) is 36.8 Å². The highest BCUT2D eigenvalue weighted by Gasteiger charge is 2.28. The van der Waals surface area contributed by atoms with E-state index >= 15 is 0 Å². The van der Waals surface area contributed by atoms with Crippen LogP contribution in [-0.2, 0) is 35.3 Å². The minimum atomic E-state index is -1.35. The Morgan fingerprint density at radius 3 is 2.29 bits per heavy atom. The number of carbonyl (C=O) groups is 8. The first-order valence-corrected chi connectivity index (χ1v) is 22.9. The van der Waals surface area contributed by atoms with Gasteiger partial charge in [0.15, 0.2) is 22.8 Å². The highest BCUT2D eigenvalue weighted by Crippen LogP contribution is 2.27. The fraction of sp³-hybridized carbons (Fsp3) is 0.370. The topological polar surface area (TPSA) is 420 Å². The molecule has 0 aliphatic carbocycles. The quantitative estimate of drug-likeness (QED) is 0.00848. The Labute approximate surface area is 417 Å². The number of nitrogens with two attached hydrogens (primary N) is 3. The van der Waals surface area contributed by atoms with E-state index in [2.05, 4.69) is 62.2 Å². The third kappa shape index (κ3) is 15.2. The number of fused-ring (bicyclic) bond motifs is 1. The Morgan fingerprint density at radius 1 is 0.863 bits per heavy atom. The standard InChI is InChI=1S/C46H57N17O10/c1-23(2)36(58-33(64)10-6-5-7-18-63-34(65)15-16-35(63)66)44(70)54-24(3)41(67)56-26-12-13-28(29(20-26)38(47)61-62-50)43(69)51-17-8-9-31(45(71)72)57-42(68)25-11-14-30(32(19-25)73-4)52-21-27-22-53-40-37(55-27)39(48)59-46(49)60-40/h11-16,19-20,22-24,31,36,52H,5-10,17-18,21H2,1-4H3,(H,51,69)(H,54,70)(H,56,67)(H,57,68)(H,58,64)(H,71,72)(H3,47,50,61)(H4,48,49,53,59,60)/t24-,31-,36-/m0/s1. The Morgan fingerprint density at radius 2 is 1.60 bits per heavy atom. The molecule has 7 amide bonds. The predicted octanol–water partition coefficient (Wildman–Crippen LogP) is 1.32. The Hall–Kier alpha value is -9.17.